The second-order valence-corrected chi connectivity index (χ2v) is 7.80. The Morgan fingerprint density at radius 2 is 1.68 bits per heavy atom. The van der Waals surface area contributed by atoms with E-state index in [0.717, 1.165) is 49.9 Å². The van der Waals surface area contributed by atoms with Gasteiger partial charge in [-0.1, -0.05) is 54.6 Å². The van der Waals surface area contributed by atoms with Gasteiger partial charge in [0.05, 0.1) is 5.69 Å². The normalized spacial score (nSPS) is 15.8. The number of hydrogen-bond acceptors (Lipinski definition) is 4. The molecule has 5 heteroatoms. The van der Waals surface area contributed by atoms with E-state index in [1.807, 2.05) is 36.6 Å². The largest absolute Gasteiger partial charge is 0.325 e. The standard InChI is InChI=1S/C23H29N3OS/c1-28-22-12-6-5-11-21(22)24-23(27)13-15-26-18-16-25(17-19-26)14-7-10-20-8-3-2-4-9-20/h2-12H,13-19H2,1H3,(H,24,27)/b10-7+. The Hall–Kier alpha value is -2.08. The number of thioether (sulfide) groups is 1. The van der Waals surface area contributed by atoms with Crippen LogP contribution < -0.4 is 5.32 Å². The van der Waals surface area contributed by atoms with Crippen molar-refractivity contribution in [1.29, 1.82) is 0 Å². The van der Waals surface area contributed by atoms with Crippen molar-refractivity contribution in [2.45, 2.75) is 11.3 Å². The fraction of sp³-hybridized carbons (Fsp3) is 0.348. The molecule has 1 amide bonds. The molecule has 1 aliphatic rings. The van der Waals surface area contributed by atoms with Crippen LogP contribution in [0.1, 0.15) is 12.0 Å². The SMILES string of the molecule is CSc1ccccc1NC(=O)CCN1CCN(C/C=C/c2ccccc2)CC1. The van der Waals surface area contributed by atoms with Crippen LogP contribution in [0.25, 0.3) is 6.08 Å². The third-order valence-electron chi connectivity index (χ3n) is 4.97. The first-order valence-electron chi connectivity index (χ1n) is 9.84. The lowest BCUT2D eigenvalue weighted by atomic mass is 10.2. The van der Waals surface area contributed by atoms with Crippen molar-refractivity contribution in [3.05, 3.63) is 66.2 Å². The Balaban J connectivity index is 1.35. The maximum atomic E-state index is 12.3. The van der Waals surface area contributed by atoms with E-state index in [4.69, 9.17) is 0 Å². The van der Waals surface area contributed by atoms with Crippen LogP contribution in [0.5, 0.6) is 0 Å². The van der Waals surface area contributed by atoms with Crippen LogP contribution >= 0.6 is 11.8 Å². The molecule has 0 spiro atoms. The molecular weight excluding hydrogens is 366 g/mol. The highest BCUT2D eigenvalue weighted by Gasteiger charge is 2.16. The number of para-hydroxylation sites is 1. The molecule has 0 bridgehead atoms. The minimum Gasteiger partial charge on any atom is -0.325 e. The van der Waals surface area contributed by atoms with Gasteiger partial charge in [-0.15, -0.1) is 11.8 Å². The van der Waals surface area contributed by atoms with Crippen LogP contribution in [0.15, 0.2) is 65.6 Å². The number of carbonyl (C=O) groups excluding carboxylic acids is 1. The van der Waals surface area contributed by atoms with Gasteiger partial charge < -0.3 is 10.2 Å². The molecule has 1 saturated heterocycles. The summed E-state index contributed by atoms with van der Waals surface area (Å²) in [5, 5.41) is 3.05. The molecule has 0 atom stereocenters. The highest BCUT2D eigenvalue weighted by atomic mass is 32.2. The van der Waals surface area contributed by atoms with E-state index in [9.17, 15) is 4.79 Å². The predicted octanol–water partition coefficient (Wildman–Crippen LogP) is 4.07. The first kappa shape index (κ1) is 20.6. The lowest BCUT2D eigenvalue weighted by Gasteiger charge is -2.34. The summed E-state index contributed by atoms with van der Waals surface area (Å²) in [6, 6.07) is 18.4. The number of rotatable bonds is 8. The van der Waals surface area contributed by atoms with Crippen molar-refractivity contribution in [2.24, 2.45) is 0 Å². The molecule has 0 unspecified atom stereocenters. The monoisotopic (exact) mass is 395 g/mol. The molecule has 0 saturated carbocycles. The highest BCUT2D eigenvalue weighted by Crippen LogP contribution is 2.24. The fourth-order valence-corrected chi connectivity index (χ4v) is 3.87. The average Bonchev–Trinajstić information content (AvgIpc) is 2.74. The molecule has 1 fully saturated rings. The number of benzene rings is 2. The number of nitrogens with zero attached hydrogens (tertiary/aromatic N) is 2. The summed E-state index contributed by atoms with van der Waals surface area (Å²) < 4.78 is 0. The number of hydrogen-bond donors (Lipinski definition) is 1. The van der Waals surface area contributed by atoms with Crippen LogP contribution in [-0.4, -0.2) is 61.2 Å². The van der Waals surface area contributed by atoms with Crippen LogP contribution in [0.3, 0.4) is 0 Å². The van der Waals surface area contributed by atoms with E-state index in [1.54, 1.807) is 11.8 Å². The summed E-state index contributed by atoms with van der Waals surface area (Å²) in [5.74, 6) is 0.0923. The maximum absolute atomic E-state index is 12.3. The Kier molecular flexibility index (Phi) is 8.15. The maximum Gasteiger partial charge on any atom is 0.225 e. The van der Waals surface area contributed by atoms with Crippen molar-refractivity contribution in [1.82, 2.24) is 9.80 Å². The molecule has 2 aromatic rings. The third kappa shape index (κ3) is 6.51. The Labute approximate surface area is 172 Å². The zero-order chi connectivity index (χ0) is 19.6. The van der Waals surface area contributed by atoms with Gasteiger partial charge in [-0.25, -0.2) is 0 Å². The molecular formula is C23H29N3OS. The number of piperazine rings is 1. The molecule has 0 aromatic heterocycles. The smallest absolute Gasteiger partial charge is 0.225 e. The van der Waals surface area contributed by atoms with Gasteiger partial charge >= 0.3 is 0 Å². The summed E-state index contributed by atoms with van der Waals surface area (Å²) in [5.41, 5.74) is 2.16. The Morgan fingerprint density at radius 1 is 1.00 bits per heavy atom. The van der Waals surface area contributed by atoms with Gasteiger partial charge in [-0.05, 0) is 24.0 Å². The van der Waals surface area contributed by atoms with Crippen LogP contribution in [-0.2, 0) is 4.79 Å². The Bertz CT molecular complexity index is 770. The quantitative estimate of drug-likeness (QED) is 0.684. The number of nitrogens with one attached hydrogen (secondary N) is 1. The zero-order valence-corrected chi connectivity index (χ0v) is 17.3. The first-order chi connectivity index (χ1) is 13.7. The number of amides is 1. The van der Waals surface area contributed by atoms with Gasteiger partial charge in [-0.3, -0.25) is 9.69 Å². The second-order valence-electron chi connectivity index (χ2n) is 6.95. The molecule has 0 aliphatic carbocycles. The van der Waals surface area contributed by atoms with Crippen molar-refractivity contribution in [2.75, 3.05) is 50.8 Å². The number of anilines is 1. The highest BCUT2D eigenvalue weighted by molar-refractivity contribution is 7.98. The molecule has 1 aliphatic heterocycles. The van der Waals surface area contributed by atoms with E-state index in [0.29, 0.717) is 6.42 Å². The van der Waals surface area contributed by atoms with Crippen LogP contribution in [0, 0.1) is 0 Å². The molecule has 0 radical (unpaired) electrons. The molecule has 148 valence electrons. The zero-order valence-electron chi connectivity index (χ0n) is 16.5. The van der Waals surface area contributed by atoms with E-state index >= 15 is 0 Å². The lowest BCUT2D eigenvalue weighted by Crippen LogP contribution is -2.46. The van der Waals surface area contributed by atoms with Gasteiger partial charge in [0.1, 0.15) is 0 Å². The summed E-state index contributed by atoms with van der Waals surface area (Å²) in [6.07, 6.45) is 6.99. The minimum atomic E-state index is 0.0923. The van der Waals surface area contributed by atoms with Crippen molar-refractivity contribution < 1.29 is 4.79 Å². The molecule has 1 heterocycles. The topological polar surface area (TPSA) is 35.6 Å². The summed E-state index contributed by atoms with van der Waals surface area (Å²) in [7, 11) is 0. The fourth-order valence-electron chi connectivity index (χ4n) is 3.32. The van der Waals surface area contributed by atoms with Gasteiger partial charge in [0.25, 0.3) is 0 Å². The predicted molar refractivity (Wildman–Crippen MR) is 120 cm³/mol. The van der Waals surface area contributed by atoms with Crippen LogP contribution in [0.2, 0.25) is 0 Å². The third-order valence-corrected chi connectivity index (χ3v) is 5.77. The van der Waals surface area contributed by atoms with Crippen LogP contribution in [0.4, 0.5) is 5.69 Å². The minimum absolute atomic E-state index is 0.0923. The Morgan fingerprint density at radius 3 is 2.43 bits per heavy atom. The molecule has 28 heavy (non-hydrogen) atoms. The average molecular weight is 396 g/mol. The summed E-state index contributed by atoms with van der Waals surface area (Å²) in [6.45, 7) is 5.95. The molecule has 4 nitrogen and oxygen atoms in total. The van der Waals surface area contributed by atoms with E-state index in [2.05, 4.69) is 51.5 Å². The van der Waals surface area contributed by atoms with Gasteiger partial charge in [0.15, 0.2) is 0 Å². The molecule has 1 N–H and O–H groups in total. The summed E-state index contributed by atoms with van der Waals surface area (Å²) in [4.78, 5) is 18.3. The number of carbonyl (C=O) groups is 1. The van der Waals surface area contributed by atoms with E-state index in [1.165, 1.54) is 5.56 Å². The molecule has 2 aromatic carbocycles. The molecule has 3 rings (SSSR count). The van der Waals surface area contributed by atoms with E-state index < -0.39 is 0 Å². The van der Waals surface area contributed by atoms with Gasteiger partial charge in [0, 0.05) is 50.6 Å². The first-order valence-corrected chi connectivity index (χ1v) is 11.1. The van der Waals surface area contributed by atoms with Crippen molar-refractivity contribution in [3.8, 4) is 0 Å². The van der Waals surface area contributed by atoms with E-state index in [-0.39, 0.29) is 5.91 Å². The van der Waals surface area contributed by atoms with Gasteiger partial charge in [0.2, 0.25) is 5.91 Å². The van der Waals surface area contributed by atoms with Gasteiger partial charge in [-0.2, -0.15) is 0 Å². The van der Waals surface area contributed by atoms with Crippen molar-refractivity contribution in [3.63, 3.8) is 0 Å². The van der Waals surface area contributed by atoms with Crippen molar-refractivity contribution >= 4 is 29.4 Å². The second kappa shape index (κ2) is 11.1. The lowest BCUT2D eigenvalue weighted by molar-refractivity contribution is -0.116. The summed E-state index contributed by atoms with van der Waals surface area (Å²) >= 11 is 1.65.